The van der Waals surface area contributed by atoms with E-state index in [9.17, 15) is 10.2 Å². The molecule has 2 unspecified atom stereocenters. The van der Waals surface area contributed by atoms with Crippen LogP contribution >= 0.6 is 11.6 Å². The Hall–Kier alpha value is -3.81. The van der Waals surface area contributed by atoms with E-state index in [1.165, 1.54) is 12.1 Å². The van der Waals surface area contributed by atoms with Crippen molar-refractivity contribution in [3.05, 3.63) is 106 Å². The largest absolute Gasteiger partial charge is 0.507 e. The lowest BCUT2D eigenvalue weighted by molar-refractivity contribution is -0.113. The lowest BCUT2D eigenvalue weighted by Gasteiger charge is -2.32. The third kappa shape index (κ3) is 5.08. The molecular formula is C28H29ClFN4O2+. The number of dihydropyridines is 1. The third-order valence-electron chi connectivity index (χ3n) is 6.20. The summed E-state index contributed by atoms with van der Waals surface area (Å²) in [6.07, 6.45) is 1.81. The van der Waals surface area contributed by atoms with E-state index < -0.39 is 5.82 Å². The van der Waals surface area contributed by atoms with Crippen LogP contribution in [-0.2, 0) is 0 Å². The second-order valence-electron chi connectivity index (χ2n) is 8.81. The van der Waals surface area contributed by atoms with Crippen LogP contribution in [0.4, 0.5) is 10.1 Å². The first-order chi connectivity index (χ1) is 17.2. The van der Waals surface area contributed by atoms with Crippen molar-refractivity contribution in [1.29, 1.82) is 0 Å². The Balaban J connectivity index is 1.92. The van der Waals surface area contributed by atoms with Gasteiger partial charge in [-0.1, -0.05) is 41.9 Å². The number of nitrogen functional groups attached to an aromatic ring is 1. The smallest absolute Gasteiger partial charge is 0.179 e. The van der Waals surface area contributed by atoms with Gasteiger partial charge in [0, 0.05) is 40.0 Å². The lowest BCUT2D eigenvalue weighted by atomic mass is 9.91. The number of anilines is 1. The molecule has 186 valence electrons. The number of aliphatic hydroxyl groups is 1. The highest BCUT2D eigenvalue weighted by atomic mass is 35.5. The van der Waals surface area contributed by atoms with Crippen LogP contribution < -0.4 is 21.8 Å². The van der Waals surface area contributed by atoms with E-state index in [0.29, 0.717) is 33.1 Å². The van der Waals surface area contributed by atoms with E-state index in [2.05, 4.69) is 10.6 Å². The van der Waals surface area contributed by atoms with E-state index in [-0.39, 0.29) is 35.7 Å². The minimum Gasteiger partial charge on any atom is -0.507 e. The molecule has 0 spiro atoms. The highest BCUT2D eigenvalue weighted by Crippen LogP contribution is 2.38. The van der Waals surface area contributed by atoms with Crippen LogP contribution in [0.1, 0.15) is 42.1 Å². The molecular weight excluding hydrogens is 479 g/mol. The molecule has 36 heavy (non-hydrogen) atoms. The van der Waals surface area contributed by atoms with Crippen molar-refractivity contribution >= 4 is 34.3 Å². The molecule has 0 saturated carbocycles. The fourth-order valence-electron chi connectivity index (χ4n) is 4.29. The average molecular weight is 508 g/mol. The van der Waals surface area contributed by atoms with Crippen molar-refractivity contribution < 1.29 is 20.0 Å². The molecule has 3 aromatic rings. The van der Waals surface area contributed by atoms with Gasteiger partial charge in [-0.05, 0) is 48.9 Å². The van der Waals surface area contributed by atoms with Gasteiger partial charge in [-0.3, -0.25) is 5.41 Å². The predicted molar refractivity (Wildman–Crippen MR) is 143 cm³/mol. The average Bonchev–Trinajstić information content (AvgIpc) is 2.85. The number of hydrogen-bond donors (Lipinski definition) is 6. The number of phenolic OH excluding ortho intramolecular Hbond substituents is 1. The highest BCUT2D eigenvalue weighted by Gasteiger charge is 2.27. The molecule has 4 rings (SSSR count). The normalized spacial score (nSPS) is 16.2. The fourth-order valence-corrected chi connectivity index (χ4v) is 4.46. The number of allylic oxidation sites excluding steroid dienone is 2. The Bertz CT molecular complexity index is 1370. The van der Waals surface area contributed by atoms with Crippen molar-refractivity contribution in [1.82, 2.24) is 10.6 Å². The van der Waals surface area contributed by atoms with Gasteiger partial charge in [0.25, 0.3) is 0 Å². The van der Waals surface area contributed by atoms with Crippen LogP contribution in [0.25, 0.3) is 11.3 Å². The number of nitrogens with two attached hydrogens (primary N) is 2. The second-order valence-corrected chi connectivity index (χ2v) is 9.24. The first-order valence-electron chi connectivity index (χ1n) is 11.5. The van der Waals surface area contributed by atoms with Gasteiger partial charge >= 0.3 is 0 Å². The maximum absolute atomic E-state index is 15.4. The van der Waals surface area contributed by atoms with Crippen LogP contribution in [0.15, 0.2) is 72.4 Å². The molecule has 2 atom stereocenters. The van der Waals surface area contributed by atoms with Crippen molar-refractivity contribution in [3.8, 4) is 5.75 Å². The molecule has 0 fully saturated rings. The molecule has 8 heteroatoms. The van der Waals surface area contributed by atoms with Gasteiger partial charge < -0.3 is 26.6 Å². The number of aliphatic hydroxyl groups excluding tert-OH is 1. The second kappa shape index (κ2) is 10.4. The molecule has 0 aromatic heterocycles. The number of aromatic hydroxyl groups is 1. The Morgan fingerprint density at radius 2 is 1.89 bits per heavy atom. The van der Waals surface area contributed by atoms with Crippen LogP contribution in [0.3, 0.4) is 0 Å². The van der Waals surface area contributed by atoms with Crippen LogP contribution in [0, 0.1) is 5.82 Å². The van der Waals surface area contributed by atoms with Crippen molar-refractivity contribution in [3.63, 3.8) is 0 Å². The van der Waals surface area contributed by atoms with Gasteiger partial charge in [-0.15, -0.1) is 0 Å². The summed E-state index contributed by atoms with van der Waals surface area (Å²) in [6.45, 7) is 3.48. The highest BCUT2D eigenvalue weighted by molar-refractivity contribution is 6.30. The van der Waals surface area contributed by atoms with Gasteiger partial charge in [-0.2, -0.15) is 0 Å². The van der Waals surface area contributed by atoms with E-state index in [1.54, 1.807) is 25.1 Å². The number of nitrogens with one attached hydrogen (secondary N) is 2. The number of phenols is 1. The van der Waals surface area contributed by atoms with E-state index in [1.807, 2.05) is 43.3 Å². The number of benzene rings is 3. The fraction of sp³-hybridized carbons (Fsp3) is 0.179. The van der Waals surface area contributed by atoms with E-state index in [0.717, 1.165) is 11.3 Å². The lowest BCUT2D eigenvalue weighted by Crippen LogP contribution is -2.39. The summed E-state index contributed by atoms with van der Waals surface area (Å²) in [4.78, 5) is 0. The van der Waals surface area contributed by atoms with E-state index in [4.69, 9.17) is 22.7 Å². The molecule has 0 aliphatic carbocycles. The zero-order valence-corrected chi connectivity index (χ0v) is 20.8. The molecule has 6 nitrogen and oxygen atoms in total. The number of rotatable bonds is 7. The summed E-state index contributed by atoms with van der Waals surface area (Å²) < 4.78 is 15.4. The molecule has 3 aromatic carbocycles. The maximum atomic E-state index is 15.4. The zero-order valence-electron chi connectivity index (χ0n) is 20.0. The first-order valence-corrected chi connectivity index (χ1v) is 11.9. The van der Waals surface area contributed by atoms with E-state index >= 15 is 4.39 Å². The zero-order chi connectivity index (χ0) is 26.0. The Morgan fingerprint density at radius 3 is 2.56 bits per heavy atom. The molecule has 8 N–H and O–H groups in total. The minimum atomic E-state index is -0.541. The van der Waals surface area contributed by atoms with Crippen molar-refractivity contribution in [2.75, 3.05) is 12.3 Å². The monoisotopic (exact) mass is 507 g/mol. The summed E-state index contributed by atoms with van der Waals surface area (Å²) >= 11 is 6.24. The topological polar surface area (TPSA) is 116 Å². The molecule has 1 aliphatic heterocycles. The van der Waals surface area contributed by atoms with Crippen molar-refractivity contribution in [2.24, 2.45) is 0 Å². The Kier molecular flexibility index (Phi) is 7.33. The summed E-state index contributed by atoms with van der Waals surface area (Å²) in [7, 11) is 0. The van der Waals surface area contributed by atoms with Gasteiger partial charge in [-0.25, -0.2) is 4.39 Å². The van der Waals surface area contributed by atoms with Crippen molar-refractivity contribution in [2.45, 2.75) is 25.9 Å². The minimum absolute atomic E-state index is 0.00780. The number of halogens is 2. The summed E-state index contributed by atoms with van der Waals surface area (Å²) in [5.41, 5.74) is 10.5. The molecule has 0 saturated heterocycles. The van der Waals surface area contributed by atoms with Gasteiger partial charge in [0.2, 0.25) is 0 Å². The third-order valence-corrected chi connectivity index (χ3v) is 6.44. The molecule has 1 aliphatic rings. The van der Waals surface area contributed by atoms with Crippen LogP contribution in [0.5, 0.6) is 5.75 Å². The quantitative estimate of drug-likeness (QED) is 0.216. The van der Waals surface area contributed by atoms with Crippen LogP contribution in [-0.4, -0.2) is 28.6 Å². The molecule has 1 heterocycles. The van der Waals surface area contributed by atoms with Gasteiger partial charge in [0.15, 0.2) is 5.71 Å². The summed E-state index contributed by atoms with van der Waals surface area (Å²) in [5.74, 6) is -0.549. The Labute approximate surface area is 214 Å². The molecule has 0 radical (unpaired) electrons. The Morgan fingerprint density at radius 1 is 1.17 bits per heavy atom. The van der Waals surface area contributed by atoms with Gasteiger partial charge in [0.05, 0.1) is 30.0 Å². The van der Waals surface area contributed by atoms with Crippen LogP contribution in [0.2, 0.25) is 5.02 Å². The number of hydrogen-bond acceptors (Lipinski definition) is 5. The summed E-state index contributed by atoms with van der Waals surface area (Å²) in [6, 6.07) is 16.4. The first kappa shape index (κ1) is 25.3. The molecule has 0 bridgehead atoms. The predicted octanol–water partition coefficient (Wildman–Crippen LogP) is 3.40. The van der Waals surface area contributed by atoms with Gasteiger partial charge in [0.1, 0.15) is 11.6 Å². The maximum Gasteiger partial charge on any atom is 0.179 e. The standard InChI is InChI=1S/C28H28ClFN4O2/c1-15(31)19-11-20(23(30)13-24(19)32)21-12-25(34-26(14-35)17-6-4-3-5-7-17)16(2)33-28(21)22-10-18(29)8-9-27(22)36/h3-13,16,26,31,33-36H,14,32H2,1-2H3/p+1. The molecule has 0 amide bonds. The summed E-state index contributed by atoms with van der Waals surface area (Å²) in [5, 5.41) is 34.0. The SMILES string of the molecule is CC(=[NH2+])c1cc(C2=C(c3cc(Cl)ccc3O)NC(C)C(NC(CO)c3ccccc3)=C2)c(F)cc1N.